The Balaban J connectivity index is 1.83. The highest BCUT2D eigenvalue weighted by atomic mass is 16.5. The van der Waals surface area contributed by atoms with E-state index in [9.17, 15) is 4.79 Å². The number of piperidine rings is 1. The SMILES string of the molecule is CN1CC[C@@H](c2cc(=O)[nH]o2)C[C@H]1c1ccccc1. The van der Waals surface area contributed by atoms with Crippen LogP contribution in [0.25, 0.3) is 0 Å². The van der Waals surface area contributed by atoms with Crippen LogP contribution in [-0.2, 0) is 0 Å². The molecular weight excluding hydrogens is 240 g/mol. The summed E-state index contributed by atoms with van der Waals surface area (Å²) in [7, 11) is 2.15. The van der Waals surface area contributed by atoms with Crippen LogP contribution in [0.4, 0.5) is 0 Å². The summed E-state index contributed by atoms with van der Waals surface area (Å²) in [6, 6.07) is 12.5. The lowest BCUT2D eigenvalue weighted by molar-refractivity contribution is 0.157. The molecular formula is C15H18N2O2. The average Bonchev–Trinajstić information content (AvgIpc) is 2.87. The topological polar surface area (TPSA) is 49.2 Å². The number of H-pyrrole nitrogens is 1. The molecule has 100 valence electrons. The number of nitrogens with zero attached hydrogens (tertiary/aromatic N) is 1. The standard InChI is InChI=1S/C15H18N2O2/c1-17-8-7-12(14-10-15(18)16-19-14)9-13(17)11-5-3-2-4-6-11/h2-6,10,12-13H,7-9H2,1H3,(H,16,18)/t12-,13+/m1/s1. The molecule has 1 aliphatic rings. The molecule has 4 nitrogen and oxygen atoms in total. The fourth-order valence-corrected chi connectivity index (χ4v) is 2.91. The van der Waals surface area contributed by atoms with Gasteiger partial charge in [-0.2, -0.15) is 5.16 Å². The molecule has 0 radical (unpaired) electrons. The molecule has 0 aliphatic carbocycles. The summed E-state index contributed by atoms with van der Waals surface area (Å²) in [5, 5.41) is 2.39. The summed E-state index contributed by atoms with van der Waals surface area (Å²) in [5.74, 6) is 1.11. The summed E-state index contributed by atoms with van der Waals surface area (Å²) in [5.41, 5.74) is 1.18. The van der Waals surface area contributed by atoms with E-state index in [1.165, 1.54) is 5.56 Å². The molecule has 1 aromatic heterocycles. The second-order valence-corrected chi connectivity index (χ2v) is 5.24. The molecule has 19 heavy (non-hydrogen) atoms. The second kappa shape index (κ2) is 5.05. The molecule has 0 spiro atoms. The molecule has 1 fully saturated rings. The van der Waals surface area contributed by atoms with Gasteiger partial charge in [0.15, 0.2) is 0 Å². The first kappa shape index (κ1) is 12.2. The zero-order valence-electron chi connectivity index (χ0n) is 11.0. The van der Waals surface area contributed by atoms with Crippen molar-refractivity contribution in [2.24, 2.45) is 0 Å². The van der Waals surface area contributed by atoms with E-state index in [-0.39, 0.29) is 5.56 Å². The number of aromatic nitrogens is 1. The summed E-state index contributed by atoms with van der Waals surface area (Å²) in [6.07, 6.45) is 2.02. The summed E-state index contributed by atoms with van der Waals surface area (Å²) in [4.78, 5) is 13.6. The van der Waals surface area contributed by atoms with E-state index >= 15 is 0 Å². The van der Waals surface area contributed by atoms with E-state index in [2.05, 4.69) is 41.4 Å². The minimum Gasteiger partial charge on any atom is -0.383 e. The lowest BCUT2D eigenvalue weighted by atomic mass is 9.86. The van der Waals surface area contributed by atoms with E-state index in [0.717, 1.165) is 25.1 Å². The van der Waals surface area contributed by atoms with E-state index in [1.54, 1.807) is 6.07 Å². The van der Waals surface area contributed by atoms with Crippen LogP contribution in [0.15, 0.2) is 45.7 Å². The Bertz CT molecular complexity index is 587. The lowest BCUT2D eigenvalue weighted by Crippen LogP contribution is -2.33. The van der Waals surface area contributed by atoms with E-state index < -0.39 is 0 Å². The molecule has 1 aliphatic heterocycles. The Labute approximate surface area is 112 Å². The number of hydrogen-bond donors (Lipinski definition) is 1. The number of nitrogens with one attached hydrogen (secondary N) is 1. The Morgan fingerprint density at radius 2 is 2.11 bits per heavy atom. The normalized spacial score (nSPS) is 24.5. The molecule has 0 amide bonds. The molecule has 0 unspecified atom stereocenters. The predicted molar refractivity (Wildman–Crippen MR) is 73.1 cm³/mol. The zero-order valence-corrected chi connectivity index (χ0v) is 11.0. The maximum absolute atomic E-state index is 11.2. The lowest BCUT2D eigenvalue weighted by Gasteiger charge is -2.36. The van der Waals surface area contributed by atoms with E-state index in [0.29, 0.717) is 12.0 Å². The third kappa shape index (κ3) is 2.49. The highest BCUT2D eigenvalue weighted by molar-refractivity contribution is 5.21. The first-order valence-electron chi connectivity index (χ1n) is 6.67. The molecule has 3 rings (SSSR count). The monoisotopic (exact) mass is 258 g/mol. The van der Waals surface area contributed by atoms with Gasteiger partial charge in [-0.05, 0) is 32.0 Å². The smallest absolute Gasteiger partial charge is 0.280 e. The van der Waals surface area contributed by atoms with Gasteiger partial charge >= 0.3 is 0 Å². The fraction of sp³-hybridized carbons (Fsp3) is 0.400. The molecule has 2 heterocycles. The number of aromatic amines is 1. The molecule has 2 atom stereocenters. The van der Waals surface area contributed by atoms with Gasteiger partial charge < -0.3 is 4.52 Å². The van der Waals surface area contributed by atoms with Crippen LogP contribution in [0.2, 0.25) is 0 Å². The third-order valence-corrected chi connectivity index (χ3v) is 4.00. The van der Waals surface area contributed by atoms with Gasteiger partial charge in [-0.1, -0.05) is 30.3 Å². The van der Waals surface area contributed by atoms with Crippen molar-refractivity contribution in [1.82, 2.24) is 10.1 Å². The summed E-state index contributed by atoms with van der Waals surface area (Å²) < 4.78 is 5.27. The fourth-order valence-electron chi connectivity index (χ4n) is 2.91. The van der Waals surface area contributed by atoms with Gasteiger partial charge in [-0.3, -0.25) is 9.69 Å². The van der Waals surface area contributed by atoms with Crippen molar-refractivity contribution in [3.05, 3.63) is 58.1 Å². The highest BCUT2D eigenvalue weighted by Crippen LogP contribution is 2.37. The molecule has 4 heteroatoms. The van der Waals surface area contributed by atoms with Gasteiger partial charge in [0.05, 0.1) is 0 Å². The Kier molecular flexibility index (Phi) is 3.25. The minimum absolute atomic E-state index is 0.148. The molecule has 1 aromatic carbocycles. The maximum Gasteiger partial charge on any atom is 0.280 e. The quantitative estimate of drug-likeness (QED) is 0.900. The average molecular weight is 258 g/mol. The van der Waals surface area contributed by atoms with Gasteiger partial charge in [0.1, 0.15) is 5.76 Å². The van der Waals surface area contributed by atoms with Crippen LogP contribution in [0.3, 0.4) is 0 Å². The summed E-state index contributed by atoms with van der Waals surface area (Å²) in [6.45, 7) is 1.01. The van der Waals surface area contributed by atoms with Gasteiger partial charge in [0.25, 0.3) is 5.56 Å². The molecule has 1 saturated heterocycles. The molecule has 0 bridgehead atoms. The van der Waals surface area contributed by atoms with Crippen molar-refractivity contribution in [1.29, 1.82) is 0 Å². The third-order valence-electron chi connectivity index (χ3n) is 4.00. The molecule has 2 aromatic rings. The van der Waals surface area contributed by atoms with Crippen LogP contribution >= 0.6 is 0 Å². The van der Waals surface area contributed by atoms with Gasteiger partial charge in [0.2, 0.25) is 0 Å². The van der Waals surface area contributed by atoms with Crippen molar-refractivity contribution in [3.8, 4) is 0 Å². The first-order valence-corrected chi connectivity index (χ1v) is 6.67. The second-order valence-electron chi connectivity index (χ2n) is 5.24. The number of hydrogen-bond acceptors (Lipinski definition) is 3. The van der Waals surface area contributed by atoms with Gasteiger partial charge in [-0.25, -0.2) is 0 Å². The Morgan fingerprint density at radius 3 is 2.79 bits per heavy atom. The van der Waals surface area contributed by atoms with Crippen molar-refractivity contribution in [2.75, 3.05) is 13.6 Å². The minimum atomic E-state index is -0.148. The van der Waals surface area contributed by atoms with Crippen LogP contribution in [0.1, 0.15) is 36.1 Å². The summed E-state index contributed by atoms with van der Waals surface area (Å²) >= 11 is 0. The first-order chi connectivity index (χ1) is 9.24. The Hall–Kier alpha value is -1.81. The van der Waals surface area contributed by atoms with Crippen molar-refractivity contribution in [2.45, 2.75) is 24.8 Å². The van der Waals surface area contributed by atoms with Crippen LogP contribution in [-0.4, -0.2) is 23.6 Å². The maximum atomic E-state index is 11.2. The van der Waals surface area contributed by atoms with Crippen LogP contribution in [0, 0.1) is 0 Å². The largest absolute Gasteiger partial charge is 0.383 e. The number of rotatable bonds is 2. The number of likely N-dealkylation sites (tertiary alicyclic amines) is 1. The molecule has 1 N–H and O–H groups in total. The zero-order chi connectivity index (χ0) is 13.2. The van der Waals surface area contributed by atoms with Crippen LogP contribution < -0.4 is 5.56 Å². The Morgan fingerprint density at radius 1 is 1.32 bits per heavy atom. The van der Waals surface area contributed by atoms with Crippen molar-refractivity contribution < 1.29 is 4.52 Å². The highest BCUT2D eigenvalue weighted by Gasteiger charge is 2.29. The van der Waals surface area contributed by atoms with E-state index in [1.807, 2.05) is 6.07 Å². The van der Waals surface area contributed by atoms with Crippen LogP contribution in [0.5, 0.6) is 0 Å². The van der Waals surface area contributed by atoms with Gasteiger partial charge in [-0.15, -0.1) is 0 Å². The van der Waals surface area contributed by atoms with Crippen molar-refractivity contribution >= 4 is 0 Å². The van der Waals surface area contributed by atoms with Crippen molar-refractivity contribution in [3.63, 3.8) is 0 Å². The van der Waals surface area contributed by atoms with E-state index in [4.69, 9.17) is 4.52 Å². The van der Waals surface area contributed by atoms with Gasteiger partial charge in [0, 0.05) is 18.0 Å². The number of benzene rings is 1. The predicted octanol–water partition coefficient (Wildman–Crippen LogP) is 2.52. The molecule has 0 saturated carbocycles.